The molecular formula is C11H26N2. The molecule has 0 aromatic heterocycles. The Kier molecular flexibility index (Phi) is 7.29. The Morgan fingerprint density at radius 1 is 1.00 bits per heavy atom. The molecule has 0 unspecified atom stereocenters. The molecule has 0 atom stereocenters. The van der Waals surface area contributed by atoms with E-state index >= 15 is 0 Å². The molecule has 0 aliphatic heterocycles. The van der Waals surface area contributed by atoms with Crippen LogP contribution in [0.3, 0.4) is 0 Å². The van der Waals surface area contributed by atoms with Gasteiger partial charge >= 0.3 is 0 Å². The molecule has 0 heterocycles. The first kappa shape index (κ1) is 12.9. The van der Waals surface area contributed by atoms with Gasteiger partial charge in [-0.15, -0.1) is 0 Å². The smallest absolute Gasteiger partial charge is 0.0189 e. The molecule has 0 aliphatic rings. The minimum Gasteiger partial charge on any atom is -0.242 e. The third-order valence-corrected chi connectivity index (χ3v) is 2.42. The van der Waals surface area contributed by atoms with E-state index in [1.54, 1.807) is 0 Å². The van der Waals surface area contributed by atoms with E-state index in [4.69, 9.17) is 0 Å². The van der Waals surface area contributed by atoms with E-state index in [0.29, 0.717) is 6.04 Å². The molecule has 0 saturated heterocycles. The summed E-state index contributed by atoms with van der Waals surface area (Å²) >= 11 is 0. The lowest BCUT2D eigenvalue weighted by molar-refractivity contribution is -0.0432. The number of hydrazine groups is 1. The van der Waals surface area contributed by atoms with Crippen molar-refractivity contribution in [3.8, 4) is 0 Å². The summed E-state index contributed by atoms with van der Waals surface area (Å²) < 4.78 is 0. The average molecular weight is 186 g/mol. The van der Waals surface area contributed by atoms with Crippen molar-refractivity contribution in [3.05, 3.63) is 0 Å². The van der Waals surface area contributed by atoms with Crippen molar-refractivity contribution in [1.29, 1.82) is 0 Å². The van der Waals surface area contributed by atoms with Gasteiger partial charge in [0.25, 0.3) is 0 Å². The van der Waals surface area contributed by atoms with Crippen LogP contribution >= 0.6 is 0 Å². The van der Waals surface area contributed by atoms with E-state index < -0.39 is 0 Å². The highest BCUT2D eigenvalue weighted by molar-refractivity contribution is 4.59. The molecule has 0 rings (SSSR count). The van der Waals surface area contributed by atoms with Crippen LogP contribution in [0.2, 0.25) is 0 Å². The quantitative estimate of drug-likeness (QED) is 0.564. The van der Waals surface area contributed by atoms with Crippen LogP contribution in [-0.2, 0) is 0 Å². The molecule has 0 aliphatic carbocycles. The van der Waals surface area contributed by atoms with E-state index in [1.165, 1.54) is 19.4 Å². The molecule has 13 heavy (non-hydrogen) atoms. The summed E-state index contributed by atoms with van der Waals surface area (Å²) in [7, 11) is 0. The standard InChI is InChI=1S/C11H26N2/c1-6-9-10-12(7-2)13(8-3)11(4)5/h11H,6-10H2,1-5H3. The van der Waals surface area contributed by atoms with Crippen LogP contribution in [0.5, 0.6) is 0 Å². The molecule has 0 radical (unpaired) electrons. The molecule has 0 fully saturated rings. The lowest BCUT2D eigenvalue weighted by Crippen LogP contribution is -2.46. The van der Waals surface area contributed by atoms with Crippen molar-refractivity contribution in [3.63, 3.8) is 0 Å². The highest BCUT2D eigenvalue weighted by atomic mass is 15.6. The van der Waals surface area contributed by atoms with Crippen molar-refractivity contribution >= 4 is 0 Å². The topological polar surface area (TPSA) is 6.48 Å². The van der Waals surface area contributed by atoms with Gasteiger partial charge in [0.2, 0.25) is 0 Å². The Balaban J connectivity index is 4.00. The number of hydrogen-bond donors (Lipinski definition) is 0. The zero-order valence-electron chi connectivity index (χ0n) is 10.0. The van der Waals surface area contributed by atoms with E-state index in [-0.39, 0.29) is 0 Å². The predicted octanol–water partition coefficient (Wildman–Crippen LogP) is 2.75. The highest BCUT2D eigenvalue weighted by Gasteiger charge is 2.13. The number of nitrogens with zero attached hydrogens (tertiary/aromatic N) is 2. The van der Waals surface area contributed by atoms with Gasteiger partial charge in [-0.25, -0.2) is 10.0 Å². The van der Waals surface area contributed by atoms with Gasteiger partial charge in [0.1, 0.15) is 0 Å². The molecule has 0 amide bonds. The molecule has 0 aromatic rings. The van der Waals surface area contributed by atoms with Gasteiger partial charge in [-0.1, -0.05) is 27.2 Å². The number of hydrogen-bond acceptors (Lipinski definition) is 2. The molecule has 80 valence electrons. The first-order chi connectivity index (χ1) is 6.17. The average Bonchev–Trinajstić information content (AvgIpc) is 2.11. The van der Waals surface area contributed by atoms with Gasteiger partial charge in [-0.3, -0.25) is 0 Å². The first-order valence-corrected chi connectivity index (χ1v) is 5.68. The van der Waals surface area contributed by atoms with Crippen LogP contribution in [0.1, 0.15) is 47.5 Å². The molecule has 2 heteroatoms. The van der Waals surface area contributed by atoms with Gasteiger partial charge in [0.15, 0.2) is 0 Å². The number of rotatable bonds is 7. The molecule has 0 aromatic carbocycles. The van der Waals surface area contributed by atoms with Crippen LogP contribution in [0.4, 0.5) is 0 Å². The Bertz CT molecular complexity index is 113. The summed E-state index contributed by atoms with van der Waals surface area (Å²) in [6.07, 6.45) is 2.59. The van der Waals surface area contributed by atoms with Crippen molar-refractivity contribution in [2.45, 2.75) is 53.5 Å². The van der Waals surface area contributed by atoms with Crippen molar-refractivity contribution < 1.29 is 0 Å². The maximum Gasteiger partial charge on any atom is 0.0189 e. The molecule has 0 saturated carbocycles. The maximum atomic E-state index is 2.47. The predicted molar refractivity (Wildman–Crippen MR) is 59.7 cm³/mol. The van der Waals surface area contributed by atoms with Gasteiger partial charge in [0, 0.05) is 25.7 Å². The minimum atomic E-state index is 0.627. The molecule has 0 bridgehead atoms. The van der Waals surface area contributed by atoms with Crippen molar-refractivity contribution in [2.75, 3.05) is 19.6 Å². The van der Waals surface area contributed by atoms with Crippen molar-refractivity contribution in [2.24, 2.45) is 0 Å². The van der Waals surface area contributed by atoms with Crippen molar-refractivity contribution in [1.82, 2.24) is 10.0 Å². The van der Waals surface area contributed by atoms with E-state index in [2.05, 4.69) is 44.6 Å². The Morgan fingerprint density at radius 2 is 1.62 bits per heavy atom. The second-order valence-electron chi connectivity index (χ2n) is 3.75. The molecule has 2 nitrogen and oxygen atoms in total. The summed E-state index contributed by atoms with van der Waals surface area (Å²) in [5, 5.41) is 4.92. The fraction of sp³-hybridized carbons (Fsp3) is 1.00. The molecule has 0 N–H and O–H groups in total. The second-order valence-corrected chi connectivity index (χ2v) is 3.75. The van der Waals surface area contributed by atoms with Gasteiger partial charge in [-0.2, -0.15) is 0 Å². The largest absolute Gasteiger partial charge is 0.242 e. The summed E-state index contributed by atoms with van der Waals surface area (Å²) in [4.78, 5) is 0. The van der Waals surface area contributed by atoms with E-state index in [9.17, 15) is 0 Å². The zero-order valence-corrected chi connectivity index (χ0v) is 10.0. The SMILES string of the molecule is CCCCN(CC)N(CC)C(C)C. The van der Waals surface area contributed by atoms with Gasteiger partial charge < -0.3 is 0 Å². The summed E-state index contributed by atoms with van der Waals surface area (Å²) in [5.74, 6) is 0. The second kappa shape index (κ2) is 7.34. The normalized spacial score (nSPS) is 12.0. The zero-order chi connectivity index (χ0) is 10.3. The molecular weight excluding hydrogens is 160 g/mol. The van der Waals surface area contributed by atoms with Crippen LogP contribution in [-0.4, -0.2) is 35.7 Å². The Morgan fingerprint density at radius 3 is 1.92 bits per heavy atom. The number of unbranched alkanes of at least 4 members (excludes halogenated alkanes) is 1. The first-order valence-electron chi connectivity index (χ1n) is 5.68. The monoisotopic (exact) mass is 186 g/mol. The van der Waals surface area contributed by atoms with Gasteiger partial charge in [0.05, 0.1) is 0 Å². The van der Waals surface area contributed by atoms with Crippen LogP contribution in [0.25, 0.3) is 0 Å². The third kappa shape index (κ3) is 4.63. The summed E-state index contributed by atoms with van der Waals surface area (Å²) in [6, 6.07) is 0.627. The van der Waals surface area contributed by atoms with Crippen LogP contribution in [0.15, 0.2) is 0 Å². The summed E-state index contributed by atoms with van der Waals surface area (Å²) in [5.41, 5.74) is 0. The summed E-state index contributed by atoms with van der Waals surface area (Å²) in [6.45, 7) is 14.7. The lowest BCUT2D eigenvalue weighted by Gasteiger charge is -2.36. The van der Waals surface area contributed by atoms with Crippen LogP contribution < -0.4 is 0 Å². The minimum absolute atomic E-state index is 0.627. The van der Waals surface area contributed by atoms with E-state index in [1.807, 2.05) is 0 Å². The van der Waals surface area contributed by atoms with Crippen LogP contribution in [0, 0.1) is 0 Å². The fourth-order valence-corrected chi connectivity index (χ4v) is 1.70. The molecule has 0 spiro atoms. The Labute approximate surface area is 83.9 Å². The Hall–Kier alpha value is -0.0800. The highest BCUT2D eigenvalue weighted by Crippen LogP contribution is 2.05. The van der Waals surface area contributed by atoms with E-state index in [0.717, 1.165) is 13.1 Å². The maximum absolute atomic E-state index is 2.47. The van der Waals surface area contributed by atoms with Gasteiger partial charge in [-0.05, 0) is 20.3 Å². The third-order valence-electron chi connectivity index (χ3n) is 2.42. The lowest BCUT2D eigenvalue weighted by atomic mass is 10.3. The fourth-order valence-electron chi connectivity index (χ4n) is 1.70.